The van der Waals surface area contributed by atoms with Gasteiger partial charge in [-0.15, -0.1) is 0 Å². The van der Waals surface area contributed by atoms with Gasteiger partial charge in [0.05, 0.1) is 12.0 Å². The van der Waals surface area contributed by atoms with E-state index in [1.54, 1.807) is 0 Å². The lowest BCUT2D eigenvalue weighted by Crippen LogP contribution is -2.31. The molecule has 106 valence electrons. The van der Waals surface area contributed by atoms with Crippen molar-refractivity contribution in [2.24, 2.45) is 5.41 Å². The molecule has 3 nitrogen and oxygen atoms in total. The quantitative estimate of drug-likeness (QED) is 0.810. The fraction of sp³-hybridized carbons (Fsp3) is 0.562. The molecule has 0 radical (unpaired) electrons. The van der Waals surface area contributed by atoms with E-state index in [-0.39, 0.29) is 0 Å². The van der Waals surface area contributed by atoms with Crippen LogP contribution in [0.25, 0.3) is 0 Å². The zero-order valence-corrected chi connectivity index (χ0v) is 12.3. The molecule has 1 N–H and O–H groups in total. The Bertz CT molecular complexity index is 434. The van der Waals surface area contributed by atoms with Gasteiger partial charge in [-0.2, -0.15) is 0 Å². The molecule has 3 heteroatoms. The summed E-state index contributed by atoms with van der Waals surface area (Å²) in [7, 11) is 0. The number of rotatable bonds is 7. The molecule has 0 spiro atoms. The molecule has 0 atom stereocenters. The molecule has 0 unspecified atom stereocenters. The van der Waals surface area contributed by atoms with Crippen LogP contribution in [0.4, 0.5) is 0 Å². The summed E-state index contributed by atoms with van der Waals surface area (Å²) in [6.45, 7) is 8.34. The largest absolute Gasteiger partial charge is 0.493 e. The predicted molar refractivity (Wildman–Crippen MR) is 76.7 cm³/mol. The van der Waals surface area contributed by atoms with Crippen molar-refractivity contribution < 1.29 is 14.6 Å². The summed E-state index contributed by atoms with van der Waals surface area (Å²) < 4.78 is 5.74. The topological polar surface area (TPSA) is 46.5 Å². The van der Waals surface area contributed by atoms with E-state index in [1.807, 2.05) is 39.8 Å². The van der Waals surface area contributed by atoms with Crippen LogP contribution in [0.2, 0.25) is 0 Å². The first kappa shape index (κ1) is 15.5. The highest BCUT2D eigenvalue weighted by Crippen LogP contribution is 2.31. The van der Waals surface area contributed by atoms with E-state index in [2.05, 4.69) is 6.07 Å². The minimum Gasteiger partial charge on any atom is -0.493 e. The molecular weight excluding hydrogens is 240 g/mol. The second-order valence-corrected chi connectivity index (χ2v) is 5.16. The van der Waals surface area contributed by atoms with Crippen molar-refractivity contribution in [3.05, 3.63) is 29.3 Å². The van der Waals surface area contributed by atoms with E-state index in [0.29, 0.717) is 25.9 Å². The molecular formula is C16H24O3. The maximum Gasteiger partial charge on any atom is 0.309 e. The van der Waals surface area contributed by atoms with Crippen LogP contribution in [0.15, 0.2) is 18.2 Å². The van der Waals surface area contributed by atoms with Crippen LogP contribution >= 0.6 is 0 Å². The summed E-state index contributed by atoms with van der Waals surface area (Å²) in [5, 5.41) is 9.36. The van der Waals surface area contributed by atoms with Crippen molar-refractivity contribution in [3.8, 4) is 5.75 Å². The fourth-order valence-electron chi connectivity index (χ4n) is 2.33. The number of benzene rings is 1. The van der Waals surface area contributed by atoms with Gasteiger partial charge in [-0.25, -0.2) is 0 Å². The van der Waals surface area contributed by atoms with Gasteiger partial charge in [0.2, 0.25) is 0 Å². The number of hydrogen-bond donors (Lipinski definition) is 1. The Hall–Kier alpha value is -1.51. The van der Waals surface area contributed by atoms with Crippen LogP contribution in [-0.4, -0.2) is 17.7 Å². The smallest absolute Gasteiger partial charge is 0.309 e. The average Bonchev–Trinajstić information content (AvgIpc) is 2.37. The molecule has 0 heterocycles. The van der Waals surface area contributed by atoms with E-state index in [1.165, 1.54) is 5.56 Å². The summed E-state index contributed by atoms with van der Waals surface area (Å²) in [5.41, 5.74) is 1.64. The summed E-state index contributed by atoms with van der Waals surface area (Å²) >= 11 is 0. The highest BCUT2D eigenvalue weighted by molar-refractivity contribution is 5.74. The average molecular weight is 264 g/mol. The van der Waals surface area contributed by atoms with Crippen LogP contribution in [0.3, 0.4) is 0 Å². The SMILES string of the molecule is CCC(CC)(CCOc1ccc(C)cc1C)C(=O)O. The number of carbonyl (C=O) groups is 1. The summed E-state index contributed by atoms with van der Waals surface area (Å²) in [6.07, 6.45) is 1.81. The highest BCUT2D eigenvalue weighted by atomic mass is 16.5. The minimum absolute atomic E-state index is 0.442. The monoisotopic (exact) mass is 264 g/mol. The second-order valence-electron chi connectivity index (χ2n) is 5.16. The molecule has 0 fully saturated rings. The van der Waals surface area contributed by atoms with Crippen LogP contribution in [0.5, 0.6) is 5.75 Å². The van der Waals surface area contributed by atoms with Gasteiger partial charge >= 0.3 is 5.97 Å². The normalized spacial score (nSPS) is 11.4. The van der Waals surface area contributed by atoms with E-state index in [0.717, 1.165) is 11.3 Å². The number of aryl methyl sites for hydroxylation is 2. The van der Waals surface area contributed by atoms with Gasteiger partial charge in [-0.3, -0.25) is 4.79 Å². The number of carboxylic acids is 1. The van der Waals surface area contributed by atoms with Gasteiger partial charge in [-0.1, -0.05) is 31.5 Å². The first-order valence-corrected chi connectivity index (χ1v) is 6.88. The van der Waals surface area contributed by atoms with Crippen molar-refractivity contribution >= 4 is 5.97 Å². The van der Waals surface area contributed by atoms with Gasteiger partial charge in [0.15, 0.2) is 0 Å². The van der Waals surface area contributed by atoms with Gasteiger partial charge < -0.3 is 9.84 Å². The van der Waals surface area contributed by atoms with E-state index < -0.39 is 11.4 Å². The first-order chi connectivity index (χ1) is 8.95. The number of carboxylic acid groups (broad SMARTS) is 1. The molecule has 0 saturated heterocycles. The van der Waals surface area contributed by atoms with Crippen molar-refractivity contribution in [1.29, 1.82) is 0 Å². The summed E-state index contributed by atoms with van der Waals surface area (Å²) in [6, 6.07) is 6.02. The van der Waals surface area contributed by atoms with Crippen molar-refractivity contribution in [3.63, 3.8) is 0 Å². The lowest BCUT2D eigenvalue weighted by atomic mass is 9.79. The molecule has 1 aromatic rings. The van der Waals surface area contributed by atoms with Crippen LogP contribution in [0, 0.1) is 19.3 Å². The third kappa shape index (κ3) is 3.72. The van der Waals surface area contributed by atoms with E-state index >= 15 is 0 Å². The van der Waals surface area contributed by atoms with Crippen molar-refractivity contribution in [2.75, 3.05) is 6.61 Å². The Morgan fingerprint density at radius 2 is 1.89 bits per heavy atom. The zero-order chi connectivity index (χ0) is 14.5. The van der Waals surface area contributed by atoms with Gasteiger partial charge in [-0.05, 0) is 44.7 Å². The Morgan fingerprint density at radius 1 is 1.26 bits per heavy atom. The summed E-state index contributed by atoms with van der Waals surface area (Å²) in [4.78, 5) is 11.4. The van der Waals surface area contributed by atoms with Crippen molar-refractivity contribution in [2.45, 2.75) is 47.0 Å². The lowest BCUT2D eigenvalue weighted by molar-refractivity contribution is -0.150. The van der Waals surface area contributed by atoms with Crippen molar-refractivity contribution in [1.82, 2.24) is 0 Å². The van der Waals surface area contributed by atoms with E-state index in [9.17, 15) is 9.90 Å². The van der Waals surface area contributed by atoms with Crippen LogP contribution in [0.1, 0.15) is 44.2 Å². The number of aliphatic carboxylic acids is 1. The molecule has 0 saturated carbocycles. The highest BCUT2D eigenvalue weighted by Gasteiger charge is 2.34. The van der Waals surface area contributed by atoms with Gasteiger partial charge in [0, 0.05) is 0 Å². The zero-order valence-electron chi connectivity index (χ0n) is 12.3. The molecule has 0 amide bonds. The predicted octanol–water partition coefficient (Wildman–Crippen LogP) is 3.96. The Morgan fingerprint density at radius 3 is 2.37 bits per heavy atom. The van der Waals surface area contributed by atoms with Crippen LogP contribution in [-0.2, 0) is 4.79 Å². The van der Waals surface area contributed by atoms with Crippen LogP contribution < -0.4 is 4.74 Å². The van der Waals surface area contributed by atoms with Gasteiger partial charge in [0.1, 0.15) is 5.75 Å². The maximum absolute atomic E-state index is 11.4. The standard InChI is InChI=1S/C16H24O3/c1-5-16(6-2,15(17)18)9-10-19-14-8-7-12(3)11-13(14)4/h7-8,11H,5-6,9-10H2,1-4H3,(H,17,18). The van der Waals surface area contributed by atoms with E-state index in [4.69, 9.17) is 4.74 Å². The molecule has 0 aliphatic carbocycles. The molecule has 19 heavy (non-hydrogen) atoms. The lowest BCUT2D eigenvalue weighted by Gasteiger charge is -2.26. The molecule has 0 bridgehead atoms. The fourth-order valence-corrected chi connectivity index (χ4v) is 2.33. The number of hydrogen-bond acceptors (Lipinski definition) is 2. The first-order valence-electron chi connectivity index (χ1n) is 6.88. The second kappa shape index (κ2) is 6.60. The maximum atomic E-state index is 11.4. The Balaban J connectivity index is 2.64. The Labute approximate surface area is 115 Å². The minimum atomic E-state index is -0.721. The number of ether oxygens (including phenoxy) is 1. The molecule has 1 rings (SSSR count). The third-order valence-corrected chi connectivity index (χ3v) is 3.98. The summed E-state index contributed by atoms with van der Waals surface area (Å²) in [5.74, 6) is 0.124. The van der Waals surface area contributed by atoms with Gasteiger partial charge in [0.25, 0.3) is 0 Å². The molecule has 0 aliphatic heterocycles. The molecule has 0 aromatic heterocycles. The Kier molecular flexibility index (Phi) is 5.40. The third-order valence-electron chi connectivity index (χ3n) is 3.98. The molecule has 1 aromatic carbocycles. The molecule has 0 aliphatic rings.